The number of nitrogens with one attached hydrogen (secondary N) is 2. The minimum atomic E-state index is -0.00370. The first-order chi connectivity index (χ1) is 11.8. The Morgan fingerprint density at radius 2 is 2.25 bits per heavy atom. The molecule has 0 bridgehead atoms. The van der Waals surface area contributed by atoms with E-state index in [1.165, 1.54) is 12.8 Å². The molecular formula is C18H22N4O2. The average molecular weight is 326 g/mol. The van der Waals surface area contributed by atoms with Crippen LogP contribution in [0, 0.1) is 5.92 Å². The molecule has 2 aromatic rings. The fourth-order valence-electron chi connectivity index (χ4n) is 4.10. The smallest absolute Gasteiger partial charge is 0.251 e. The molecule has 0 radical (unpaired) electrons. The van der Waals surface area contributed by atoms with Crippen molar-refractivity contribution in [2.24, 2.45) is 5.92 Å². The fourth-order valence-corrected chi connectivity index (χ4v) is 4.10. The van der Waals surface area contributed by atoms with E-state index >= 15 is 0 Å². The summed E-state index contributed by atoms with van der Waals surface area (Å²) in [7, 11) is 0. The minimum absolute atomic E-state index is 0.00370. The van der Waals surface area contributed by atoms with Gasteiger partial charge in [0.25, 0.3) is 5.91 Å². The van der Waals surface area contributed by atoms with Crippen LogP contribution in [0.25, 0.3) is 11.0 Å². The number of H-pyrrole nitrogens is 1. The fraction of sp³-hybridized carbons (Fsp3) is 0.556. The van der Waals surface area contributed by atoms with Crippen molar-refractivity contribution in [2.75, 3.05) is 19.7 Å². The number of hydrogen-bond donors (Lipinski definition) is 2. The predicted molar refractivity (Wildman–Crippen MR) is 89.8 cm³/mol. The number of amides is 1. The van der Waals surface area contributed by atoms with Crippen molar-refractivity contribution >= 4 is 16.9 Å². The number of morpholine rings is 1. The van der Waals surface area contributed by atoms with E-state index in [4.69, 9.17) is 4.74 Å². The zero-order valence-electron chi connectivity index (χ0n) is 13.6. The summed E-state index contributed by atoms with van der Waals surface area (Å²) in [6, 6.07) is 6.26. The Bertz CT molecular complexity index is 769. The second-order valence-corrected chi connectivity index (χ2v) is 7.36. The summed E-state index contributed by atoms with van der Waals surface area (Å²) < 4.78 is 6.03. The van der Waals surface area contributed by atoms with Crippen LogP contribution in [0.3, 0.4) is 0 Å². The van der Waals surface area contributed by atoms with Crippen molar-refractivity contribution in [1.82, 2.24) is 20.2 Å². The Labute approximate surface area is 140 Å². The minimum Gasteiger partial charge on any atom is -0.375 e. The number of carbonyl (C=O) groups is 1. The molecule has 24 heavy (non-hydrogen) atoms. The summed E-state index contributed by atoms with van der Waals surface area (Å²) in [6.07, 6.45) is 5.68. The molecule has 1 aromatic carbocycles. The number of benzene rings is 1. The third-order valence-corrected chi connectivity index (χ3v) is 5.61. The molecule has 2 N–H and O–H groups in total. The van der Waals surface area contributed by atoms with Gasteiger partial charge in [-0.15, -0.1) is 0 Å². The van der Waals surface area contributed by atoms with E-state index in [1.54, 1.807) is 6.33 Å². The van der Waals surface area contributed by atoms with Crippen LogP contribution in [0.1, 0.15) is 29.6 Å². The van der Waals surface area contributed by atoms with E-state index in [9.17, 15) is 4.79 Å². The molecular weight excluding hydrogens is 304 g/mol. The van der Waals surface area contributed by atoms with E-state index in [2.05, 4.69) is 20.2 Å². The van der Waals surface area contributed by atoms with Crippen molar-refractivity contribution in [2.45, 2.75) is 37.5 Å². The molecule has 1 amide bonds. The highest BCUT2D eigenvalue weighted by Gasteiger charge is 2.42. The third-order valence-electron chi connectivity index (χ3n) is 5.61. The SMILES string of the molecule is O=C(N[C@H]1C[C@H]2CO[C@@H](C3CC3)CN2C1)c1ccc2nc[nH]c2c1. The lowest BCUT2D eigenvalue weighted by molar-refractivity contribution is -0.0581. The van der Waals surface area contributed by atoms with Gasteiger partial charge in [0.05, 0.1) is 30.1 Å². The van der Waals surface area contributed by atoms with Crippen LogP contribution in [0.5, 0.6) is 0 Å². The molecule has 126 valence electrons. The van der Waals surface area contributed by atoms with Gasteiger partial charge in [-0.2, -0.15) is 0 Å². The van der Waals surface area contributed by atoms with Crippen LogP contribution in [-0.2, 0) is 4.74 Å². The average Bonchev–Trinajstić information content (AvgIpc) is 3.20. The van der Waals surface area contributed by atoms with Gasteiger partial charge in [-0.3, -0.25) is 9.69 Å². The molecule has 5 rings (SSSR count). The Balaban J connectivity index is 1.24. The molecule has 2 aliphatic heterocycles. The van der Waals surface area contributed by atoms with Crippen LogP contribution in [0.4, 0.5) is 0 Å². The van der Waals surface area contributed by atoms with Crippen molar-refractivity contribution < 1.29 is 9.53 Å². The summed E-state index contributed by atoms with van der Waals surface area (Å²) in [4.78, 5) is 22.3. The Hall–Kier alpha value is -1.92. The molecule has 1 aliphatic carbocycles. The first kappa shape index (κ1) is 14.4. The number of hydrogen-bond acceptors (Lipinski definition) is 4. The van der Waals surface area contributed by atoms with Crippen LogP contribution >= 0.6 is 0 Å². The monoisotopic (exact) mass is 326 g/mol. The van der Waals surface area contributed by atoms with Crippen molar-refractivity contribution in [1.29, 1.82) is 0 Å². The number of fused-ring (bicyclic) bond motifs is 2. The van der Waals surface area contributed by atoms with Gasteiger partial charge in [0.1, 0.15) is 0 Å². The standard InChI is InChI=1S/C18H22N4O2/c23-18(12-3-4-15-16(5-12)20-10-19-15)21-13-6-14-9-24-17(11-1-2-11)8-22(14)7-13/h3-5,10-11,13-14,17H,1-2,6-9H2,(H,19,20)(H,21,23)/t13-,14-,17+/m0/s1. The van der Waals surface area contributed by atoms with Crippen LogP contribution < -0.4 is 5.32 Å². The molecule has 0 unspecified atom stereocenters. The maximum absolute atomic E-state index is 12.6. The molecule has 6 heteroatoms. The molecule has 1 saturated carbocycles. The Morgan fingerprint density at radius 1 is 1.33 bits per heavy atom. The Morgan fingerprint density at radius 3 is 3.12 bits per heavy atom. The maximum Gasteiger partial charge on any atom is 0.251 e. The molecule has 2 saturated heterocycles. The van der Waals surface area contributed by atoms with Crippen molar-refractivity contribution in [3.05, 3.63) is 30.1 Å². The van der Waals surface area contributed by atoms with E-state index in [1.807, 2.05) is 18.2 Å². The molecule has 3 atom stereocenters. The number of carbonyl (C=O) groups excluding carboxylic acids is 1. The summed E-state index contributed by atoms with van der Waals surface area (Å²) in [5.74, 6) is 0.775. The lowest BCUT2D eigenvalue weighted by Gasteiger charge is -2.35. The summed E-state index contributed by atoms with van der Waals surface area (Å²) in [5, 5.41) is 3.20. The predicted octanol–water partition coefficient (Wildman–Crippen LogP) is 1.54. The maximum atomic E-state index is 12.6. The van der Waals surface area contributed by atoms with Crippen LogP contribution in [0.15, 0.2) is 24.5 Å². The van der Waals surface area contributed by atoms with Gasteiger partial charge in [-0.05, 0) is 43.4 Å². The van der Waals surface area contributed by atoms with Crippen LogP contribution in [0.2, 0.25) is 0 Å². The molecule has 1 aromatic heterocycles. The summed E-state index contributed by atoms with van der Waals surface area (Å²) >= 11 is 0. The zero-order chi connectivity index (χ0) is 16.1. The lowest BCUT2D eigenvalue weighted by Crippen LogP contribution is -2.47. The van der Waals surface area contributed by atoms with E-state index in [0.29, 0.717) is 17.7 Å². The molecule has 3 aliphatic rings. The molecule has 3 fully saturated rings. The Kier molecular flexibility index (Phi) is 3.35. The second-order valence-electron chi connectivity index (χ2n) is 7.36. The number of ether oxygens (including phenoxy) is 1. The third kappa shape index (κ3) is 2.59. The second kappa shape index (κ2) is 5.57. The van der Waals surface area contributed by atoms with Crippen LogP contribution in [-0.4, -0.2) is 58.7 Å². The number of rotatable bonds is 3. The van der Waals surface area contributed by atoms with E-state index < -0.39 is 0 Å². The largest absolute Gasteiger partial charge is 0.375 e. The molecule has 0 spiro atoms. The highest BCUT2D eigenvalue weighted by Crippen LogP contribution is 2.37. The molecule has 6 nitrogen and oxygen atoms in total. The quantitative estimate of drug-likeness (QED) is 0.898. The number of aromatic amines is 1. The van der Waals surface area contributed by atoms with Gasteiger partial charge in [0, 0.05) is 30.7 Å². The van der Waals surface area contributed by atoms with Gasteiger partial charge in [0.2, 0.25) is 0 Å². The lowest BCUT2D eigenvalue weighted by atomic mass is 10.1. The molecule has 3 heterocycles. The van der Waals surface area contributed by atoms with Gasteiger partial charge in [-0.1, -0.05) is 0 Å². The number of imidazole rings is 1. The highest BCUT2D eigenvalue weighted by molar-refractivity contribution is 5.97. The van der Waals surface area contributed by atoms with Gasteiger partial charge >= 0.3 is 0 Å². The van der Waals surface area contributed by atoms with Gasteiger partial charge in [-0.25, -0.2) is 4.98 Å². The topological polar surface area (TPSA) is 70.2 Å². The summed E-state index contributed by atoms with van der Waals surface area (Å²) in [6.45, 7) is 2.78. The first-order valence-electron chi connectivity index (χ1n) is 8.86. The van der Waals surface area contributed by atoms with E-state index in [0.717, 1.165) is 43.1 Å². The normalized spacial score (nSPS) is 30.4. The van der Waals surface area contributed by atoms with Gasteiger partial charge < -0.3 is 15.0 Å². The number of nitrogens with zero attached hydrogens (tertiary/aromatic N) is 2. The van der Waals surface area contributed by atoms with Gasteiger partial charge in [0.15, 0.2) is 0 Å². The zero-order valence-corrected chi connectivity index (χ0v) is 13.6. The first-order valence-corrected chi connectivity index (χ1v) is 8.86. The van der Waals surface area contributed by atoms with Crippen molar-refractivity contribution in [3.8, 4) is 0 Å². The van der Waals surface area contributed by atoms with E-state index in [-0.39, 0.29) is 11.9 Å². The van der Waals surface area contributed by atoms with Crippen molar-refractivity contribution in [3.63, 3.8) is 0 Å². The number of aromatic nitrogens is 2. The summed E-state index contributed by atoms with van der Waals surface area (Å²) in [5.41, 5.74) is 2.46. The highest BCUT2D eigenvalue weighted by atomic mass is 16.5.